The lowest BCUT2D eigenvalue weighted by Gasteiger charge is -2.22. The van der Waals surface area contributed by atoms with E-state index < -0.39 is 0 Å². The maximum absolute atomic E-state index is 5.50. The predicted molar refractivity (Wildman–Crippen MR) is 85.9 cm³/mol. The molecule has 6 heteroatoms. The van der Waals surface area contributed by atoms with Crippen LogP contribution in [0.4, 0.5) is 5.82 Å². The fourth-order valence-electron chi connectivity index (χ4n) is 2.51. The molecule has 6 nitrogen and oxygen atoms in total. The topological polar surface area (TPSA) is 67.1 Å². The summed E-state index contributed by atoms with van der Waals surface area (Å²) in [6, 6.07) is 3.91. The molecule has 118 valence electrons. The van der Waals surface area contributed by atoms with E-state index >= 15 is 0 Å². The minimum Gasteiger partial charge on any atom is -0.355 e. The summed E-state index contributed by atoms with van der Waals surface area (Å²) in [6.07, 6.45) is 2.92. The minimum absolute atomic E-state index is 0.128. The van der Waals surface area contributed by atoms with E-state index in [9.17, 15) is 0 Å². The number of anilines is 1. The minimum atomic E-state index is -0.128. The van der Waals surface area contributed by atoms with Gasteiger partial charge in [0.25, 0.3) is 5.89 Å². The first-order valence-electron chi connectivity index (χ1n) is 7.81. The fourth-order valence-corrected chi connectivity index (χ4v) is 2.51. The summed E-state index contributed by atoms with van der Waals surface area (Å²) >= 11 is 0. The van der Waals surface area contributed by atoms with Crippen molar-refractivity contribution in [1.29, 1.82) is 0 Å². The van der Waals surface area contributed by atoms with Crippen LogP contribution in [0.25, 0.3) is 11.5 Å². The molecule has 0 bridgehead atoms. The molecule has 0 saturated carbocycles. The maximum Gasteiger partial charge on any atom is 0.261 e. The second kappa shape index (κ2) is 6.04. The van der Waals surface area contributed by atoms with Gasteiger partial charge in [0.1, 0.15) is 5.82 Å². The number of hydrogen-bond donors (Lipinski definition) is 1. The molecular weight excluding hydrogens is 278 g/mol. The van der Waals surface area contributed by atoms with E-state index in [0.717, 1.165) is 49.8 Å². The highest BCUT2D eigenvalue weighted by Crippen LogP contribution is 2.29. The average molecular weight is 301 g/mol. The summed E-state index contributed by atoms with van der Waals surface area (Å²) in [5.74, 6) is 2.19. The molecule has 1 fully saturated rings. The number of hydrogen-bond acceptors (Lipinski definition) is 6. The molecule has 2 aromatic heterocycles. The standard InChI is InChI=1S/C16H23N5O/c1-16(2,3)15-19-14(22-20-15)12-6-4-8-18-13(12)21-10-5-7-17-9-11-21/h4,6,8,17H,5,7,9-11H2,1-3H3. The van der Waals surface area contributed by atoms with E-state index in [1.165, 1.54) is 0 Å². The summed E-state index contributed by atoms with van der Waals surface area (Å²) < 4.78 is 5.50. The van der Waals surface area contributed by atoms with Crippen molar-refractivity contribution in [3.05, 3.63) is 24.2 Å². The Bertz CT molecular complexity index is 623. The van der Waals surface area contributed by atoms with Crippen molar-refractivity contribution in [3.63, 3.8) is 0 Å². The molecule has 1 aliphatic rings. The Labute approximate surface area is 130 Å². The quantitative estimate of drug-likeness (QED) is 0.917. The smallest absolute Gasteiger partial charge is 0.261 e. The highest BCUT2D eigenvalue weighted by molar-refractivity contribution is 5.69. The molecule has 22 heavy (non-hydrogen) atoms. The second-order valence-corrected chi connectivity index (χ2v) is 6.64. The van der Waals surface area contributed by atoms with Crippen molar-refractivity contribution in [1.82, 2.24) is 20.4 Å². The molecule has 1 aliphatic heterocycles. The Balaban J connectivity index is 1.95. The highest BCUT2D eigenvalue weighted by atomic mass is 16.5. The maximum atomic E-state index is 5.50. The van der Waals surface area contributed by atoms with Crippen LogP contribution in [0.5, 0.6) is 0 Å². The molecule has 0 amide bonds. The molecule has 1 saturated heterocycles. The van der Waals surface area contributed by atoms with Gasteiger partial charge in [-0.05, 0) is 25.1 Å². The van der Waals surface area contributed by atoms with Gasteiger partial charge in [-0.2, -0.15) is 4.98 Å². The van der Waals surface area contributed by atoms with Crippen molar-refractivity contribution in [3.8, 4) is 11.5 Å². The van der Waals surface area contributed by atoms with Gasteiger partial charge in [0.15, 0.2) is 5.82 Å². The van der Waals surface area contributed by atoms with Gasteiger partial charge in [0.05, 0.1) is 5.56 Å². The van der Waals surface area contributed by atoms with Gasteiger partial charge in [-0.3, -0.25) is 0 Å². The van der Waals surface area contributed by atoms with Crippen molar-refractivity contribution >= 4 is 5.82 Å². The summed E-state index contributed by atoms with van der Waals surface area (Å²) in [5, 5.41) is 7.53. The first-order valence-corrected chi connectivity index (χ1v) is 7.81. The van der Waals surface area contributed by atoms with E-state index in [1.54, 1.807) is 0 Å². The van der Waals surface area contributed by atoms with Crippen LogP contribution in [-0.2, 0) is 5.41 Å². The highest BCUT2D eigenvalue weighted by Gasteiger charge is 2.24. The van der Waals surface area contributed by atoms with Crippen molar-refractivity contribution in [2.75, 3.05) is 31.1 Å². The van der Waals surface area contributed by atoms with Crippen LogP contribution in [0.15, 0.2) is 22.9 Å². The van der Waals surface area contributed by atoms with Crippen LogP contribution in [0.2, 0.25) is 0 Å². The van der Waals surface area contributed by atoms with Gasteiger partial charge in [-0.1, -0.05) is 25.9 Å². The van der Waals surface area contributed by atoms with Gasteiger partial charge in [-0.15, -0.1) is 0 Å². The Hall–Kier alpha value is -1.95. The second-order valence-electron chi connectivity index (χ2n) is 6.64. The lowest BCUT2D eigenvalue weighted by atomic mass is 9.96. The predicted octanol–water partition coefficient (Wildman–Crippen LogP) is 2.23. The third kappa shape index (κ3) is 3.11. The van der Waals surface area contributed by atoms with Gasteiger partial charge < -0.3 is 14.7 Å². The van der Waals surface area contributed by atoms with Gasteiger partial charge in [0, 0.05) is 31.2 Å². The fraction of sp³-hybridized carbons (Fsp3) is 0.562. The molecule has 0 aromatic carbocycles. The molecule has 3 heterocycles. The van der Waals surface area contributed by atoms with E-state index in [0.29, 0.717) is 5.89 Å². The summed E-state index contributed by atoms with van der Waals surface area (Å²) in [7, 11) is 0. The van der Waals surface area contributed by atoms with Crippen molar-refractivity contribution in [2.45, 2.75) is 32.6 Å². The third-order valence-electron chi connectivity index (χ3n) is 3.75. The lowest BCUT2D eigenvalue weighted by molar-refractivity contribution is 0.402. The van der Waals surface area contributed by atoms with Gasteiger partial charge >= 0.3 is 0 Å². The molecular formula is C16H23N5O. The monoisotopic (exact) mass is 301 g/mol. The molecule has 0 unspecified atom stereocenters. The molecule has 0 spiro atoms. The largest absolute Gasteiger partial charge is 0.355 e. The summed E-state index contributed by atoms with van der Waals surface area (Å²) in [6.45, 7) is 10.2. The first kappa shape index (κ1) is 15.0. The number of nitrogens with one attached hydrogen (secondary N) is 1. The van der Waals surface area contributed by atoms with Crippen molar-refractivity contribution < 1.29 is 4.52 Å². The van der Waals surface area contributed by atoms with E-state index in [-0.39, 0.29) is 5.41 Å². The number of rotatable bonds is 2. The van der Waals surface area contributed by atoms with Crippen LogP contribution in [0.3, 0.4) is 0 Å². The van der Waals surface area contributed by atoms with Crippen LogP contribution >= 0.6 is 0 Å². The van der Waals surface area contributed by atoms with Crippen LogP contribution in [0.1, 0.15) is 33.0 Å². The molecule has 3 rings (SSSR count). The number of aromatic nitrogens is 3. The Morgan fingerprint density at radius 3 is 2.86 bits per heavy atom. The van der Waals surface area contributed by atoms with Gasteiger partial charge in [0.2, 0.25) is 0 Å². The van der Waals surface area contributed by atoms with Gasteiger partial charge in [-0.25, -0.2) is 4.98 Å². The zero-order valence-corrected chi connectivity index (χ0v) is 13.5. The normalized spacial score (nSPS) is 16.6. The lowest BCUT2D eigenvalue weighted by Crippen LogP contribution is -2.29. The Morgan fingerprint density at radius 2 is 2.09 bits per heavy atom. The molecule has 2 aromatic rings. The van der Waals surface area contributed by atoms with Crippen LogP contribution in [-0.4, -0.2) is 41.3 Å². The Kier molecular flexibility index (Phi) is 4.11. The molecule has 0 atom stereocenters. The molecule has 0 aliphatic carbocycles. The van der Waals surface area contributed by atoms with Crippen molar-refractivity contribution in [2.24, 2.45) is 0 Å². The number of nitrogens with zero attached hydrogens (tertiary/aromatic N) is 4. The van der Waals surface area contributed by atoms with E-state index in [1.807, 2.05) is 18.3 Å². The first-order chi connectivity index (χ1) is 10.6. The summed E-state index contributed by atoms with van der Waals surface area (Å²) in [5.41, 5.74) is 0.781. The summed E-state index contributed by atoms with van der Waals surface area (Å²) in [4.78, 5) is 11.4. The van der Waals surface area contributed by atoms with E-state index in [4.69, 9.17) is 4.52 Å². The molecule has 0 radical (unpaired) electrons. The average Bonchev–Trinajstić information content (AvgIpc) is 2.84. The zero-order chi connectivity index (χ0) is 15.6. The Morgan fingerprint density at radius 1 is 1.23 bits per heavy atom. The zero-order valence-electron chi connectivity index (χ0n) is 13.5. The third-order valence-corrected chi connectivity index (χ3v) is 3.75. The number of pyridine rings is 1. The van der Waals surface area contributed by atoms with Crippen LogP contribution in [0, 0.1) is 0 Å². The molecule has 1 N–H and O–H groups in total. The van der Waals surface area contributed by atoms with Crippen LogP contribution < -0.4 is 10.2 Å². The SMILES string of the molecule is CC(C)(C)c1noc(-c2cccnc2N2CCCNCC2)n1. The van der Waals surface area contributed by atoms with E-state index in [2.05, 4.69) is 46.1 Å².